The quantitative estimate of drug-likeness (QED) is 0.596. The highest BCUT2D eigenvalue weighted by Crippen LogP contribution is 2.31. The van der Waals surface area contributed by atoms with Crippen molar-refractivity contribution in [2.45, 2.75) is 25.7 Å². The van der Waals surface area contributed by atoms with Gasteiger partial charge in [-0.3, -0.25) is 5.32 Å². The average molecular weight is 410 g/mol. The fourth-order valence-electron chi connectivity index (χ4n) is 3.51. The summed E-state index contributed by atoms with van der Waals surface area (Å²) in [5.74, 6) is 1.18. The van der Waals surface area contributed by atoms with Gasteiger partial charge >= 0.3 is 6.03 Å². The van der Waals surface area contributed by atoms with Crippen LogP contribution in [0.4, 0.5) is 15.6 Å². The van der Waals surface area contributed by atoms with Gasteiger partial charge in [-0.15, -0.1) is 11.3 Å². The molecule has 0 fully saturated rings. The number of hydrogen-bond donors (Lipinski definition) is 2. The molecule has 0 atom stereocenters. The number of carbonyl (C=O) groups excluding carboxylic acids is 1. The maximum atomic E-state index is 12.4. The van der Waals surface area contributed by atoms with Gasteiger partial charge in [0.2, 0.25) is 0 Å². The third-order valence-corrected chi connectivity index (χ3v) is 5.78. The minimum atomic E-state index is -0.375. The van der Waals surface area contributed by atoms with Crippen LogP contribution in [0.2, 0.25) is 0 Å². The zero-order valence-electron chi connectivity index (χ0n) is 16.5. The van der Waals surface area contributed by atoms with Crippen molar-refractivity contribution >= 4 is 28.2 Å². The molecule has 3 aromatic rings. The Bertz CT molecular complexity index is 1030. The number of fused-ring (bicyclic) bond motifs is 1. The van der Waals surface area contributed by atoms with Gasteiger partial charge in [0.05, 0.1) is 25.6 Å². The summed E-state index contributed by atoms with van der Waals surface area (Å²) in [6.07, 6.45) is 4.81. The van der Waals surface area contributed by atoms with Crippen LogP contribution >= 0.6 is 11.3 Å². The summed E-state index contributed by atoms with van der Waals surface area (Å²) < 4.78 is 10.5. The zero-order valence-corrected chi connectivity index (χ0v) is 17.3. The second kappa shape index (κ2) is 8.53. The topological polar surface area (TPSA) is 72.5 Å². The van der Waals surface area contributed by atoms with Crippen LogP contribution in [0.1, 0.15) is 24.0 Å². The third-order valence-electron chi connectivity index (χ3n) is 5.03. The molecule has 6 nitrogen and oxygen atoms in total. The lowest BCUT2D eigenvalue weighted by atomic mass is 9.90. The Kier molecular flexibility index (Phi) is 5.67. The summed E-state index contributed by atoms with van der Waals surface area (Å²) in [7, 11) is 3.13. The van der Waals surface area contributed by atoms with Gasteiger partial charge in [0.15, 0.2) is 5.13 Å². The van der Waals surface area contributed by atoms with Crippen LogP contribution in [0.3, 0.4) is 0 Å². The number of aryl methyl sites for hydroxylation is 2. The van der Waals surface area contributed by atoms with E-state index < -0.39 is 0 Å². The highest BCUT2D eigenvalue weighted by Gasteiger charge is 2.14. The number of methoxy groups -OCH3 is 2. The first-order chi connectivity index (χ1) is 14.2. The smallest absolute Gasteiger partial charge is 0.325 e. The standard InChI is InChI=1S/C22H23N3O3S/c1-27-17-9-10-18(20(12-17)28-2)23-21(26)25-22-24-19(13-29-22)16-8-7-14-5-3-4-6-15(14)11-16/h7-13H,3-6H2,1-2H3,(H2,23,24,25,26). The number of urea groups is 1. The van der Waals surface area contributed by atoms with Crippen LogP contribution in [0.15, 0.2) is 41.8 Å². The molecule has 150 valence electrons. The fourth-order valence-corrected chi connectivity index (χ4v) is 4.22. The molecule has 0 aliphatic heterocycles. The average Bonchev–Trinajstić information content (AvgIpc) is 3.22. The molecule has 4 rings (SSSR count). The van der Waals surface area contributed by atoms with Crippen LogP contribution in [0.5, 0.6) is 11.5 Å². The van der Waals surface area contributed by atoms with E-state index in [1.807, 2.05) is 5.38 Å². The van der Waals surface area contributed by atoms with Gasteiger partial charge in [0.25, 0.3) is 0 Å². The monoisotopic (exact) mass is 409 g/mol. The van der Waals surface area contributed by atoms with E-state index in [9.17, 15) is 4.79 Å². The van der Waals surface area contributed by atoms with E-state index in [4.69, 9.17) is 9.47 Å². The van der Waals surface area contributed by atoms with Crippen LogP contribution in [0, 0.1) is 0 Å². The lowest BCUT2D eigenvalue weighted by molar-refractivity contribution is 0.262. The number of carbonyl (C=O) groups is 1. The summed E-state index contributed by atoms with van der Waals surface area (Å²) in [4.78, 5) is 17.0. The molecule has 2 aromatic carbocycles. The Hall–Kier alpha value is -3.06. The van der Waals surface area contributed by atoms with E-state index in [-0.39, 0.29) is 6.03 Å². The van der Waals surface area contributed by atoms with Crippen molar-refractivity contribution in [2.75, 3.05) is 24.9 Å². The molecule has 0 saturated carbocycles. The molecule has 0 bridgehead atoms. The SMILES string of the molecule is COc1ccc(NC(=O)Nc2nc(-c3ccc4c(c3)CCCC4)cs2)c(OC)c1. The predicted octanol–water partition coefficient (Wildman–Crippen LogP) is 5.35. The normalized spacial score (nSPS) is 12.8. The highest BCUT2D eigenvalue weighted by atomic mass is 32.1. The molecule has 2 amide bonds. The molecule has 2 N–H and O–H groups in total. The molecule has 0 radical (unpaired) electrons. The van der Waals surface area contributed by atoms with Gasteiger partial charge in [0.1, 0.15) is 11.5 Å². The molecule has 7 heteroatoms. The van der Waals surface area contributed by atoms with E-state index in [0.717, 1.165) is 24.1 Å². The van der Waals surface area contributed by atoms with Crippen LogP contribution in [0.25, 0.3) is 11.3 Å². The van der Waals surface area contributed by atoms with Crippen molar-refractivity contribution in [1.82, 2.24) is 4.98 Å². The highest BCUT2D eigenvalue weighted by molar-refractivity contribution is 7.14. The number of nitrogens with one attached hydrogen (secondary N) is 2. The summed E-state index contributed by atoms with van der Waals surface area (Å²) >= 11 is 1.40. The van der Waals surface area contributed by atoms with Crippen LogP contribution in [-0.2, 0) is 12.8 Å². The largest absolute Gasteiger partial charge is 0.497 e. The maximum Gasteiger partial charge on any atom is 0.325 e. The number of thiazole rings is 1. The Balaban J connectivity index is 1.45. The number of rotatable bonds is 5. The molecule has 0 spiro atoms. The minimum Gasteiger partial charge on any atom is -0.497 e. The molecule has 1 heterocycles. The summed E-state index contributed by atoms with van der Waals surface area (Å²) in [5.41, 5.74) is 5.38. The van der Waals surface area contributed by atoms with E-state index in [2.05, 4.69) is 33.8 Å². The lowest BCUT2D eigenvalue weighted by Crippen LogP contribution is -2.19. The van der Waals surface area contributed by atoms with E-state index >= 15 is 0 Å². The zero-order chi connectivity index (χ0) is 20.2. The van der Waals surface area contributed by atoms with Gasteiger partial charge in [-0.25, -0.2) is 9.78 Å². The van der Waals surface area contributed by atoms with Crippen molar-refractivity contribution in [2.24, 2.45) is 0 Å². The summed E-state index contributed by atoms with van der Waals surface area (Å²) in [6, 6.07) is 11.4. The number of hydrogen-bond acceptors (Lipinski definition) is 5. The number of amides is 2. The van der Waals surface area contributed by atoms with Crippen LogP contribution in [-0.4, -0.2) is 25.2 Å². The van der Waals surface area contributed by atoms with Gasteiger partial charge in [-0.1, -0.05) is 12.1 Å². The fraction of sp³-hybridized carbons (Fsp3) is 0.273. The Morgan fingerprint density at radius 1 is 1.00 bits per heavy atom. The first kappa shape index (κ1) is 19.3. The minimum absolute atomic E-state index is 0.375. The summed E-state index contributed by atoms with van der Waals surface area (Å²) in [5, 5.41) is 8.09. The predicted molar refractivity (Wildman–Crippen MR) is 116 cm³/mol. The number of aromatic nitrogens is 1. The second-order valence-electron chi connectivity index (χ2n) is 6.87. The Labute approximate surface area is 173 Å². The number of anilines is 2. The first-order valence-corrected chi connectivity index (χ1v) is 10.4. The third kappa shape index (κ3) is 4.35. The molecule has 0 saturated heterocycles. The van der Waals surface area contributed by atoms with Crippen molar-refractivity contribution in [3.63, 3.8) is 0 Å². The number of ether oxygens (including phenoxy) is 2. The van der Waals surface area contributed by atoms with Gasteiger partial charge in [-0.05, 0) is 55.0 Å². The molecule has 1 aliphatic carbocycles. The Morgan fingerprint density at radius 3 is 2.62 bits per heavy atom. The maximum absolute atomic E-state index is 12.4. The van der Waals surface area contributed by atoms with E-state index in [0.29, 0.717) is 22.3 Å². The van der Waals surface area contributed by atoms with Gasteiger partial charge in [-0.2, -0.15) is 0 Å². The van der Waals surface area contributed by atoms with Crippen molar-refractivity contribution < 1.29 is 14.3 Å². The van der Waals surface area contributed by atoms with Crippen molar-refractivity contribution in [3.8, 4) is 22.8 Å². The van der Waals surface area contributed by atoms with Gasteiger partial charge < -0.3 is 14.8 Å². The second-order valence-corrected chi connectivity index (χ2v) is 7.73. The number of nitrogens with zero attached hydrogens (tertiary/aromatic N) is 1. The molecule has 0 unspecified atom stereocenters. The summed E-state index contributed by atoms with van der Waals surface area (Å²) in [6.45, 7) is 0. The van der Waals surface area contributed by atoms with E-state index in [1.165, 1.54) is 35.3 Å². The van der Waals surface area contributed by atoms with Gasteiger partial charge in [0, 0.05) is 17.0 Å². The van der Waals surface area contributed by atoms with E-state index in [1.54, 1.807) is 32.4 Å². The molecule has 29 heavy (non-hydrogen) atoms. The van der Waals surface area contributed by atoms with Crippen molar-refractivity contribution in [1.29, 1.82) is 0 Å². The lowest BCUT2D eigenvalue weighted by Gasteiger charge is -2.16. The van der Waals surface area contributed by atoms with Crippen LogP contribution < -0.4 is 20.1 Å². The molecular formula is C22H23N3O3S. The molecular weight excluding hydrogens is 386 g/mol. The molecule has 1 aromatic heterocycles. The Morgan fingerprint density at radius 2 is 1.83 bits per heavy atom. The number of benzene rings is 2. The molecule has 1 aliphatic rings. The van der Waals surface area contributed by atoms with Crippen molar-refractivity contribution in [3.05, 3.63) is 52.9 Å². The first-order valence-electron chi connectivity index (χ1n) is 9.54.